The normalized spacial score (nSPS) is 12.3. The lowest BCUT2D eigenvalue weighted by molar-refractivity contribution is 0.206. The van der Waals surface area contributed by atoms with Gasteiger partial charge in [-0.25, -0.2) is 0 Å². The second-order valence-corrected chi connectivity index (χ2v) is 6.80. The third-order valence-corrected chi connectivity index (χ3v) is 4.97. The number of benzene rings is 3. The first kappa shape index (κ1) is 17.6. The van der Waals surface area contributed by atoms with Crippen molar-refractivity contribution in [3.8, 4) is 17.0 Å². The molecule has 0 saturated carbocycles. The van der Waals surface area contributed by atoms with E-state index in [0.717, 1.165) is 27.6 Å². The van der Waals surface area contributed by atoms with Gasteiger partial charge in [-0.3, -0.25) is 4.68 Å². The van der Waals surface area contributed by atoms with Crippen LogP contribution in [0.15, 0.2) is 72.8 Å². The standard InChI is InChI=1S/C22H20ClN3O/c1-26-20-12-11-16(17-9-5-6-10-19(17)23)13-18(20)22(25-26)27-21(14-24)15-7-3-2-4-8-15/h2-13,21H,14,24H2,1H3/t21-/m0/s1. The van der Waals surface area contributed by atoms with Crippen LogP contribution < -0.4 is 10.5 Å². The third-order valence-electron chi connectivity index (χ3n) is 4.64. The second-order valence-electron chi connectivity index (χ2n) is 6.39. The van der Waals surface area contributed by atoms with E-state index in [1.54, 1.807) is 0 Å². The van der Waals surface area contributed by atoms with Crippen molar-refractivity contribution in [2.24, 2.45) is 12.8 Å². The maximum Gasteiger partial charge on any atom is 0.241 e. The van der Waals surface area contributed by atoms with Crippen molar-refractivity contribution in [3.63, 3.8) is 0 Å². The van der Waals surface area contributed by atoms with E-state index < -0.39 is 0 Å². The van der Waals surface area contributed by atoms with Crippen LogP contribution in [0.3, 0.4) is 0 Å². The fraction of sp³-hybridized carbons (Fsp3) is 0.136. The van der Waals surface area contributed by atoms with Crippen LogP contribution >= 0.6 is 11.6 Å². The van der Waals surface area contributed by atoms with Crippen molar-refractivity contribution < 1.29 is 4.74 Å². The molecule has 1 aromatic heterocycles. The highest BCUT2D eigenvalue weighted by Crippen LogP contribution is 2.34. The van der Waals surface area contributed by atoms with Crippen LogP contribution in [0.1, 0.15) is 11.7 Å². The van der Waals surface area contributed by atoms with E-state index in [2.05, 4.69) is 11.2 Å². The molecule has 0 amide bonds. The highest BCUT2D eigenvalue weighted by atomic mass is 35.5. The molecule has 5 heteroatoms. The van der Waals surface area contributed by atoms with Crippen LogP contribution in [0.4, 0.5) is 0 Å². The fourth-order valence-corrected chi connectivity index (χ4v) is 3.48. The van der Waals surface area contributed by atoms with Gasteiger partial charge >= 0.3 is 0 Å². The summed E-state index contributed by atoms with van der Waals surface area (Å²) < 4.78 is 8.03. The van der Waals surface area contributed by atoms with Crippen LogP contribution in [-0.4, -0.2) is 16.3 Å². The fourth-order valence-electron chi connectivity index (χ4n) is 3.24. The molecule has 4 aromatic rings. The summed E-state index contributed by atoms with van der Waals surface area (Å²) in [4.78, 5) is 0. The summed E-state index contributed by atoms with van der Waals surface area (Å²) in [5.41, 5.74) is 9.99. The monoisotopic (exact) mass is 377 g/mol. The molecule has 0 aliphatic rings. The van der Waals surface area contributed by atoms with Crippen molar-refractivity contribution in [2.45, 2.75) is 6.10 Å². The van der Waals surface area contributed by atoms with Crippen molar-refractivity contribution >= 4 is 22.5 Å². The Morgan fingerprint density at radius 1 is 1.04 bits per heavy atom. The van der Waals surface area contributed by atoms with Gasteiger partial charge in [0.2, 0.25) is 5.88 Å². The van der Waals surface area contributed by atoms with Gasteiger partial charge in [-0.2, -0.15) is 0 Å². The van der Waals surface area contributed by atoms with Gasteiger partial charge in [0, 0.05) is 24.2 Å². The molecular weight excluding hydrogens is 358 g/mol. The lowest BCUT2D eigenvalue weighted by atomic mass is 10.0. The number of halogens is 1. The van der Waals surface area contributed by atoms with Crippen molar-refractivity contribution in [1.29, 1.82) is 0 Å². The molecule has 0 aliphatic heterocycles. The third kappa shape index (κ3) is 3.42. The molecule has 0 radical (unpaired) electrons. The molecule has 4 nitrogen and oxygen atoms in total. The number of ether oxygens (including phenoxy) is 1. The number of hydrogen-bond donors (Lipinski definition) is 1. The largest absolute Gasteiger partial charge is 0.467 e. The first-order valence-electron chi connectivity index (χ1n) is 8.80. The van der Waals surface area contributed by atoms with Gasteiger partial charge in [-0.1, -0.05) is 66.2 Å². The van der Waals surface area contributed by atoms with Gasteiger partial charge < -0.3 is 10.5 Å². The Kier molecular flexibility index (Phi) is 4.84. The number of fused-ring (bicyclic) bond motifs is 1. The number of aromatic nitrogens is 2. The van der Waals surface area contributed by atoms with Gasteiger partial charge in [-0.15, -0.1) is 5.10 Å². The number of nitrogens with two attached hydrogens (primary N) is 1. The Morgan fingerprint density at radius 3 is 2.52 bits per heavy atom. The van der Waals surface area contributed by atoms with Crippen LogP contribution in [0.5, 0.6) is 5.88 Å². The first-order chi connectivity index (χ1) is 13.2. The van der Waals surface area contributed by atoms with E-state index in [-0.39, 0.29) is 6.10 Å². The minimum Gasteiger partial charge on any atom is -0.467 e. The maximum atomic E-state index is 6.37. The molecule has 3 aromatic carbocycles. The second kappa shape index (κ2) is 7.43. The topological polar surface area (TPSA) is 53.1 Å². The van der Waals surface area contributed by atoms with E-state index in [1.165, 1.54) is 0 Å². The predicted octanol–water partition coefficient (Wildman–Crippen LogP) is 4.97. The van der Waals surface area contributed by atoms with Gasteiger partial charge in [0.15, 0.2) is 0 Å². The highest BCUT2D eigenvalue weighted by molar-refractivity contribution is 6.33. The zero-order chi connectivity index (χ0) is 18.8. The van der Waals surface area contributed by atoms with Gasteiger partial charge in [0.25, 0.3) is 0 Å². The lowest BCUT2D eigenvalue weighted by Crippen LogP contribution is -2.18. The summed E-state index contributed by atoms with van der Waals surface area (Å²) in [6, 6.07) is 23.9. The Labute approximate surface area is 163 Å². The Balaban J connectivity index is 1.77. The van der Waals surface area contributed by atoms with Gasteiger partial charge in [0.1, 0.15) is 6.10 Å². The molecule has 0 spiro atoms. The SMILES string of the molecule is Cn1nc(O[C@@H](CN)c2ccccc2)c2cc(-c3ccccc3Cl)ccc21. The Bertz CT molecular complexity index is 1080. The number of aryl methyl sites for hydroxylation is 1. The molecule has 4 rings (SSSR count). The summed E-state index contributed by atoms with van der Waals surface area (Å²) in [6.07, 6.45) is -0.256. The van der Waals surface area contributed by atoms with Crippen LogP contribution in [0, 0.1) is 0 Å². The smallest absolute Gasteiger partial charge is 0.241 e. The summed E-state index contributed by atoms with van der Waals surface area (Å²) in [7, 11) is 1.91. The van der Waals surface area contributed by atoms with Gasteiger partial charge in [0.05, 0.1) is 10.9 Å². The molecule has 1 atom stereocenters. The average Bonchev–Trinajstić information content (AvgIpc) is 3.02. The lowest BCUT2D eigenvalue weighted by Gasteiger charge is -2.16. The molecule has 2 N–H and O–H groups in total. The quantitative estimate of drug-likeness (QED) is 0.534. The molecular formula is C22H20ClN3O. The number of rotatable bonds is 5. The predicted molar refractivity (Wildman–Crippen MR) is 110 cm³/mol. The molecule has 136 valence electrons. The number of hydrogen-bond acceptors (Lipinski definition) is 3. The van der Waals surface area contributed by atoms with Crippen LogP contribution in [0.2, 0.25) is 5.02 Å². The summed E-state index contributed by atoms with van der Waals surface area (Å²) in [6.45, 7) is 0.367. The van der Waals surface area contributed by atoms with Gasteiger partial charge in [-0.05, 0) is 29.3 Å². The summed E-state index contributed by atoms with van der Waals surface area (Å²) in [5.74, 6) is 0.570. The first-order valence-corrected chi connectivity index (χ1v) is 9.18. The molecule has 0 fully saturated rings. The highest BCUT2D eigenvalue weighted by Gasteiger charge is 2.17. The van der Waals surface area contributed by atoms with Crippen molar-refractivity contribution in [1.82, 2.24) is 9.78 Å². The summed E-state index contributed by atoms with van der Waals surface area (Å²) >= 11 is 6.37. The zero-order valence-electron chi connectivity index (χ0n) is 15.0. The Hall–Kier alpha value is -2.82. The van der Waals surface area contributed by atoms with E-state index in [1.807, 2.05) is 78.5 Å². The molecule has 0 aliphatic carbocycles. The Morgan fingerprint density at radius 2 is 1.78 bits per heavy atom. The number of nitrogens with zero attached hydrogens (tertiary/aromatic N) is 2. The van der Waals surface area contributed by atoms with E-state index >= 15 is 0 Å². The van der Waals surface area contributed by atoms with Crippen molar-refractivity contribution in [3.05, 3.63) is 83.4 Å². The molecule has 0 unspecified atom stereocenters. The molecule has 0 bridgehead atoms. The molecule has 1 heterocycles. The van der Waals surface area contributed by atoms with E-state index in [0.29, 0.717) is 17.4 Å². The van der Waals surface area contributed by atoms with E-state index in [9.17, 15) is 0 Å². The average molecular weight is 378 g/mol. The minimum absolute atomic E-state index is 0.256. The maximum absolute atomic E-state index is 6.37. The van der Waals surface area contributed by atoms with Crippen LogP contribution in [-0.2, 0) is 7.05 Å². The van der Waals surface area contributed by atoms with E-state index in [4.69, 9.17) is 22.1 Å². The van der Waals surface area contributed by atoms with Crippen LogP contribution in [0.25, 0.3) is 22.0 Å². The minimum atomic E-state index is -0.256. The molecule has 0 saturated heterocycles. The molecule has 27 heavy (non-hydrogen) atoms. The zero-order valence-corrected chi connectivity index (χ0v) is 15.7. The summed E-state index contributed by atoms with van der Waals surface area (Å²) in [5, 5.41) is 6.22. The van der Waals surface area contributed by atoms with Crippen molar-refractivity contribution in [2.75, 3.05) is 6.54 Å².